The van der Waals surface area contributed by atoms with Crippen molar-refractivity contribution in [2.45, 2.75) is 29.5 Å². The Morgan fingerprint density at radius 2 is 1.65 bits per heavy atom. The van der Waals surface area contributed by atoms with Crippen molar-refractivity contribution in [2.75, 3.05) is 6.54 Å². The Morgan fingerprint density at radius 3 is 2.22 bits per heavy atom. The maximum Gasteiger partial charge on any atom is 0.233 e. The Labute approximate surface area is 148 Å². The summed E-state index contributed by atoms with van der Waals surface area (Å²) < 4.78 is 0. The Balaban J connectivity index is 0.00000264. The second-order valence-corrected chi connectivity index (χ2v) is 6.37. The van der Waals surface area contributed by atoms with Crippen molar-refractivity contribution in [1.29, 1.82) is 0 Å². The van der Waals surface area contributed by atoms with E-state index in [4.69, 9.17) is 5.73 Å². The van der Waals surface area contributed by atoms with Crippen molar-refractivity contribution in [3.05, 3.63) is 66.2 Å². The first-order valence-corrected chi connectivity index (χ1v) is 8.38. The summed E-state index contributed by atoms with van der Waals surface area (Å²) in [6, 6.07) is 19.6. The molecule has 124 valence electrons. The molecule has 0 fully saturated rings. The van der Waals surface area contributed by atoms with Gasteiger partial charge in [-0.15, -0.1) is 24.2 Å². The van der Waals surface area contributed by atoms with Gasteiger partial charge in [-0.25, -0.2) is 0 Å². The molecule has 3 N–H and O–H groups in total. The Hall–Kier alpha value is -1.49. The molecular weight excluding hydrogens is 328 g/mol. The lowest BCUT2D eigenvalue weighted by molar-refractivity contribution is -0.120. The third kappa shape index (κ3) is 6.26. The van der Waals surface area contributed by atoms with Crippen molar-refractivity contribution < 1.29 is 4.79 Å². The Kier molecular flexibility index (Phi) is 8.77. The lowest BCUT2D eigenvalue weighted by Crippen LogP contribution is -2.37. The molecule has 5 heteroatoms. The van der Waals surface area contributed by atoms with Crippen LogP contribution in [0.3, 0.4) is 0 Å². The molecule has 0 spiro atoms. The van der Waals surface area contributed by atoms with Crippen LogP contribution in [0.15, 0.2) is 65.6 Å². The van der Waals surface area contributed by atoms with Gasteiger partial charge in [0.1, 0.15) is 0 Å². The number of thioether (sulfide) groups is 1. The van der Waals surface area contributed by atoms with E-state index in [9.17, 15) is 4.79 Å². The van der Waals surface area contributed by atoms with Gasteiger partial charge in [0.15, 0.2) is 0 Å². The number of carbonyl (C=O) groups is 1. The van der Waals surface area contributed by atoms with Gasteiger partial charge in [0.05, 0.1) is 5.25 Å². The summed E-state index contributed by atoms with van der Waals surface area (Å²) in [5, 5.41) is 2.88. The molecule has 2 unspecified atom stereocenters. The van der Waals surface area contributed by atoms with Crippen LogP contribution in [-0.2, 0) is 4.79 Å². The molecule has 0 heterocycles. The van der Waals surface area contributed by atoms with E-state index in [2.05, 4.69) is 5.32 Å². The van der Waals surface area contributed by atoms with Gasteiger partial charge in [-0.1, -0.05) is 55.5 Å². The highest BCUT2D eigenvalue weighted by Gasteiger charge is 2.18. The van der Waals surface area contributed by atoms with Crippen LogP contribution in [0.2, 0.25) is 0 Å². The highest BCUT2D eigenvalue weighted by atomic mass is 35.5. The largest absolute Gasteiger partial charge is 0.353 e. The number of halogens is 1. The fourth-order valence-electron chi connectivity index (χ4n) is 2.13. The summed E-state index contributed by atoms with van der Waals surface area (Å²) in [5.41, 5.74) is 7.15. The molecule has 0 aliphatic heterocycles. The standard InChI is InChI=1S/C18H22N2OS.ClH/c1-2-17(22-15-11-7-4-8-12-15)18(21)20-13-16(19)14-9-5-3-6-10-14;/h3-12,16-17H,2,13,19H2,1H3,(H,20,21);1H. The number of benzene rings is 2. The minimum absolute atomic E-state index is 0. The second-order valence-electron chi connectivity index (χ2n) is 5.09. The number of amides is 1. The number of nitrogens with two attached hydrogens (primary N) is 1. The molecule has 2 rings (SSSR count). The third-order valence-corrected chi connectivity index (χ3v) is 4.78. The molecule has 0 bridgehead atoms. The van der Waals surface area contributed by atoms with E-state index < -0.39 is 0 Å². The molecule has 0 aliphatic rings. The monoisotopic (exact) mass is 350 g/mol. The zero-order valence-corrected chi connectivity index (χ0v) is 14.8. The van der Waals surface area contributed by atoms with Gasteiger partial charge < -0.3 is 11.1 Å². The van der Waals surface area contributed by atoms with Gasteiger partial charge >= 0.3 is 0 Å². The Bertz CT molecular complexity index is 580. The second kappa shape index (κ2) is 10.3. The van der Waals surface area contributed by atoms with Crippen LogP contribution in [-0.4, -0.2) is 17.7 Å². The summed E-state index contributed by atoms with van der Waals surface area (Å²) in [4.78, 5) is 13.4. The maximum absolute atomic E-state index is 12.3. The fraction of sp³-hybridized carbons (Fsp3) is 0.278. The minimum atomic E-state index is -0.176. The third-order valence-electron chi connectivity index (χ3n) is 3.41. The first-order chi connectivity index (χ1) is 10.7. The van der Waals surface area contributed by atoms with Crippen molar-refractivity contribution in [3.8, 4) is 0 Å². The number of hydrogen-bond acceptors (Lipinski definition) is 3. The van der Waals surface area contributed by atoms with Crippen LogP contribution in [0.25, 0.3) is 0 Å². The highest BCUT2D eigenvalue weighted by molar-refractivity contribution is 8.00. The highest BCUT2D eigenvalue weighted by Crippen LogP contribution is 2.25. The van der Waals surface area contributed by atoms with Crippen molar-refractivity contribution in [2.24, 2.45) is 5.73 Å². The molecule has 0 saturated carbocycles. The van der Waals surface area contributed by atoms with Gasteiger partial charge in [-0.2, -0.15) is 0 Å². The Morgan fingerprint density at radius 1 is 1.09 bits per heavy atom. The summed E-state index contributed by atoms with van der Waals surface area (Å²) in [7, 11) is 0. The van der Waals surface area contributed by atoms with E-state index >= 15 is 0 Å². The van der Waals surface area contributed by atoms with Crippen molar-refractivity contribution >= 4 is 30.1 Å². The molecule has 0 radical (unpaired) electrons. The van der Waals surface area contributed by atoms with Crippen molar-refractivity contribution in [3.63, 3.8) is 0 Å². The van der Waals surface area contributed by atoms with Gasteiger partial charge in [0, 0.05) is 17.5 Å². The molecule has 0 aromatic heterocycles. The van der Waals surface area contributed by atoms with Crippen molar-refractivity contribution in [1.82, 2.24) is 5.32 Å². The van der Waals surface area contributed by atoms with Gasteiger partial charge in [0.2, 0.25) is 5.91 Å². The van der Waals surface area contributed by atoms with Gasteiger partial charge in [0.25, 0.3) is 0 Å². The molecular formula is C18H23ClN2OS. The summed E-state index contributed by atoms with van der Waals surface area (Å²) in [6.45, 7) is 2.48. The lowest BCUT2D eigenvalue weighted by atomic mass is 10.1. The molecule has 2 aromatic rings. The zero-order valence-electron chi connectivity index (χ0n) is 13.1. The minimum Gasteiger partial charge on any atom is -0.353 e. The summed E-state index contributed by atoms with van der Waals surface area (Å²) in [6.07, 6.45) is 0.784. The van der Waals surface area contributed by atoms with Crippen LogP contribution < -0.4 is 11.1 Å². The molecule has 0 saturated heterocycles. The maximum atomic E-state index is 12.3. The van der Waals surface area contributed by atoms with Crippen LogP contribution in [0.4, 0.5) is 0 Å². The predicted molar refractivity (Wildman–Crippen MR) is 100 cm³/mol. The number of nitrogens with one attached hydrogen (secondary N) is 1. The fourth-order valence-corrected chi connectivity index (χ4v) is 3.13. The molecule has 3 nitrogen and oxygen atoms in total. The molecule has 0 aliphatic carbocycles. The predicted octanol–water partition coefficient (Wildman–Crippen LogP) is 3.80. The van der Waals surface area contributed by atoms with E-state index in [0.717, 1.165) is 16.9 Å². The van der Waals surface area contributed by atoms with E-state index in [0.29, 0.717) is 6.54 Å². The summed E-state index contributed by atoms with van der Waals surface area (Å²) in [5.74, 6) is 0.0442. The lowest BCUT2D eigenvalue weighted by Gasteiger charge is -2.17. The van der Waals surface area contributed by atoms with E-state index in [1.54, 1.807) is 11.8 Å². The first kappa shape index (κ1) is 19.6. The van der Waals surface area contributed by atoms with Crippen LogP contribution in [0.5, 0.6) is 0 Å². The molecule has 1 amide bonds. The smallest absolute Gasteiger partial charge is 0.233 e. The van der Waals surface area contributed by atoms with E-state index in [1.165, 1.54) is 0 Å². The average molecular weight is 351 g/mol. The van der Waals surface area contributed by atoms with Crippen LogP contribution >= 0.6 is 24.2 Å². The van der Waals surface area contributed by atoms with E-state index in [1.807, 2.05) is 67.6 Å². The zero-order chi connectivity index (χ0) is 15.8. The van der Waals surface area contributed by atoms with Gasteiger partial charge in [-0.3, -0.25) is 4.79 Å². The molecule has 23 heavy (non-hydrogen) atoms. The topological polar surface area (TPSA) is 55.1 Å². The van der Waals surface area contributed by atoms with Crippen LogP contribution in [0.1, 0.15) is 24.9 Å². The first-order valence-electron chi connectivity index (χ1n) is 7.50. The SMILES string of the molecule is CCC(Sc1ccccc1)C(=O)NCC(N)c1ccccc1.Cl. The summed E-state index contributed by atoms with van der Waals surface area (Å²) >= 11 is 1.59. The van der Waals surface area contributed by atoms with Crippen LogP contribution in [0, 0.1) is 0 Å². The van der Waals surface area contributed by atoms with E-state index in [-0.39, 0.29) is 29.6 Å². The molecule has 2 atom stereocenters. The van der Waals surface area contributed by atoms with Gasteiger partial charge in [-0.05, 0) is 24.1 Å². The molecule has 2 aromatic carbocycles. The number of hydrogen-bond donors (Lipinski definition) is 2. The average Bonchev–Trinajstić information content (AvgIpc) is 2.59. The number of rotatable bonds is 7. The number of carbonyl (C=O) groups excluding carboxylic acids is 1. The normalized spacial score (nSPS) is 12.8. The quantitative estimate of drug-likeness (QED) is 0.747.